The summed E-state index contributed by atoms with van der Waals surface area (Å²) in [7, 11) is 2.15. The van der Waals surface area contributed by atoms with Gasteiger partial charge in [-0.25, -0.2) is 0 Å². The number of benzene rings is 1. The maximum absolute atomic E-state index is 5.75. The molecule has 0 aromatic heterocycles. The largest absolute Gasteiger partial charge is 0.399 e. The fraction of sp³-hybridized carbons (Fsp3) is 0.571. The highest BCUT2D eigenvalue weighted by Crippen LogP contribution is 2.07. The number of nitrogens with zero attached hydrogens (tertiary/aromatic N) is 1. The Morgan fingerprint density at radius 1 is 1.29 bits per heavy atom. The van der Waals surface area contributed by atoms with Crippen LogP contribution in [-0.2, 0) is 11.2 Å². The average molecular weight is 236 g/mol. The van der Waals surface area contributed by atoms with Crippen LogP contribution in [0.1, 0.15) is 18.9 Å². The molecule has 0 atom stereocenters. The molecular formula is C14H24N2O. The number of ether oxygens (including phenoxy) is 1. The van der Waals surface area contributed by atoms with Crippen LogP contribution in [0.3, 0.4) is 0 Å². The summed E-state index contributed by atoms with van der Waals surface area (Å²) in [5.74, 6) is 0. The summed E-state index contributed by atoms with van der Waals surface area (Å²) in [6.45, 7) is 5.85. The van der Waals surface area contributed by atoms with Crippen molar-refractivity contribution < 1.29 is 4.74 Å². The van der Waals surface area contributed by atoms with E-state index in [9.17, 15) is 0 Å². The van der Waals surface area contributed by atoms with Crippen LogP contribution >= 0.6 is 0 Å². The van der Waals surface area contributed by atoms with Gasteiger partial charge in [-0.2, -0.15) is 0 Å². The summed E-state index contributed by atoms with van der Waals surface area (Å²) in [6, 6.07) is 8.12. The maximum atomic E-state index is 5.75. The highest BCUT2D eigenvalue weighted by molar-refractivity contribution is 5.40. The first-order chi connectivity index (χ1) is 8.22. The molecule has 0 aliphatic heterocycles. The van der Waals surface area contributed by atoms with Crippen molar-refractivity contribution >= 4 is 5.69 Å². The van der Waals surface area contributed by atoms with E-state index in [-0.39, 0.29) is 0 Å². The van der Waals surface area contributed by atoms with Gasteiger partial charge in [-0.3, -0.25) is 0 Å². The molecule has 0 spiro atoms. The van der Waals surface area contributed by atoms with Gasteiger partial charge in [0.1, 0.15) is 0 Å². The van der Waals surface area contributed by atoms with Crippen LogP contribution in [0.2, 0.25) is 0 Å². The van der Waals surface area contributed by atoms with Gasteiger partial charge >= 0.3 is 0 Å². The molecule has 0 radical (unpaired) electrons. The first-order valence-corrected chi connectivity index (χ1v) is 6.33. The molecule has 0 aliphatic rings. The van der Waals surface area contributed by atoms with Gasteiger partial charge in [0.15, 0.2) is 0 Å². The minimum Gasteiger partial charge on any atom is -0.399 e. The Morgan fingerprint density at radius 2 is 2.12 bits per heavy atom. The van der Waals surface area contributed by atoms with Crippen molar-refractivity contribution in [2.75, 3.05) is 39.1 Å². The molecule has 2 N–H and O–H groups in total. The van der Waals surface area contributed by atoms with Crippen molar-refractivity contribution in [2.24, 2.45) is 0 Å². The van der Waals surface area contributed by atoms with Crippen molar-refractivity contribution in [1.29, 1.82) is 0 Å². The van der Waals surface area contributed by atoms with Gasteiger partial charge in [-0.05, 0) is 44.5 Å². The maximum Gasteiger partial charge on any atom is 0.0478 e. The van der Waals surface area contributed by atoms with Crippen molar-refractivity contribution in [3.63, 3.8) is 0 Å². The van der Waals surface area contributed by atoms with Gasteiger partial charge in [-0.15, -0.1) is 0 Å². The molecule has 0 amide bonds. The molecule has 1 rings (SSSR count). The highest BCUT2D eigenvalue weighted by atomic mass is 16.5. The van der Waals surface area contributed by atoms with Gasteiger partial charge in [0.25, 0.3) is 0 Å². The molecule has 3 heteroatoms. The first-order valence-electron chi connectivity index (χ1n) is 6.33. The number of hydrogen-bond donors (Lipinski definition) is 1. The minimum atomic E-state index is 0.813. The molecule has 3 nitrogen and oxygen atoms in total. The number of likely N-dealkylation sites (N-methyl/N-ethyl adjacent to an activating group) is 1. The second kappa shape index (κ2) is 8.09. The molecule has 0 bridgehead atoms. The molecule has 0 fully saturated rings. The number of hydrogen-bond acceptors (Lipinski definition) is 3. The highest BCUT2D eigenvalue weighted by Gasteiger charge is 1.99. The van der Waals surface area contributed by atoms with Crippen LogP contribution in [0.4, 0.5) is 5.69 Å². The third kappa shape index (κ3) is 6.29. The molecule has 1 aromatic rings. The second-order valence-electron chi connectivity index (χ2n) is 4.35. The lowest BCUT2D eigenvalue weighted by Gasteiger charge is -2.16. The lowest BCUT2D eigenvalue weighted by atomic mass is 10.1. The molecular weight excluding hydrogens is 212 g/mol. The van der Waals surface area contributed by atoms with E-state index in [0.29, 0.717) is 0 Å². The summed E-state index contributed by atoms with van der Waals surface area (Å²) in [6.07, 6.45) is 2.15. The summed E-state index contributed by atoms with van der Waals surface area (Å²) in [5.41, 5.74) is 7.90. The van der Waals surface area contributed by atoms with Gasteiger partial charge in [-0.1, -0.05) is 12.1 Å². The van der Waals surface area contributed by atoms with Gasteiger partial charge in [0, 0.05) is 32.0 Å². The van der Waals surface area contributed by atoms with Crippen LogP contribution in [0.15, 0.2) is 24.3 Å². The lowest BCUT2D eigenvalue weighted by Crippen LogP contribution is -2.23. The molecule has 0 saturated carbocycles. The van der Waals surface area contributed by atoms with Gasteiger partial charge in [0.2, 0.25) is 0 Å². The molecule has 0 heterocycles. The number of rotatable bonds is 8. The number of nitrogens with two attached hydrogens (primary N) is 1. The lowest BCUT2D eigenvalue weighted by molar-refractivity contribution is 0.136. The number of anilines is 1. The third-order valence-corrected chi connectivity index (χ3v) is 2.77. The molecule has 0 saturated heterocycles. The summed E-state index contributed by atoms with van der Waals surface area (Å²) < 4.78 is 5.32. The Hall–Kier alpha value is -1.06. The van der Waals surface area contributed by atoms with E-state index in [4.69, 9.17) is 10.5 Å². The third-order valence-electron chi connectivity index (χ3n) is 2.77. The average Bonchev–Trinajstić information content (AvgIpc) is 2.32. The first kappa shape index (κ1) is 14.0. The topological polar surface area (TPSA) is 38.5 Å². The monoisotopic (exact) mass is 236 g/mol. The summed E-state index contributed by atoms with van der Waals surface area (Å²) in [5, 5.41) is 0. The molecule has 17 heavy (non-hydrogen) atoms. The van der Waals surface area contributed by atoms with E-state index >= 15 is 0 Å². The Kier molecular flexibility index (Phi) is 6.67. The van der Waals surface area contributed by atoms with Crippen molar-refractivity contribution in [3.8, 4) is 0 Å². The molecule has 1 aromatic carbocycles. The molecule has 0 aliphatic carbocycles. The zero-order valence-corrected chi connectivity index (χ0v) is 11.0. The van der Waals surface area contributed by atoms with Crippen LogP contribution in [0, 0.1) is 0 Å². The molecule has 0 unspecified atom stereocenters. The van der Waals surface area contributed by atoms with Crippen molar-refractivity contribution in [1.82, 2.24) is 4.90 Å². The predicted octanol–water partition coefficient (Wildman–Crippen LogP) is 2.17. The van der Waals surface area contributed by atoms with E-state index in [0.717, 1.165) is 44.8 Å². The second-order valence-corrected chi connectivity index (χ2v) is 4.35. The SMILES string of the molecule is CCOCCCN(C)CCc1cccc(N)c1. The van der Waals surface area contributed by atoms with E-state index in [1.54, 1.807) is 0 Å². The van der Waals surface area contributed by atoms with Crippen LogP contribution < -0.4 is 5.73 Å². The van der Waals surface area contributed by atoms with Crippen molar-refractivity contribution in [3.05, 3.63) is 29.8 Å². The zero-order chi connectivity index (χ0) is 12.5. The smallest absolute Gasteiger partial charge is 0.0478 e. The van der Waals surface area contributed by atoms with Crippen LogP contribution in [0.5, 0.6) is 0 Å². The quantitative estimate of drug-likeness (QED) is 0.555. The van der Waals surface area contributed by atoms with E-state index in [1.807, 2.05) is 25.1 Å². The van der Waals surface area contributed by atoms with Crippen LogP contribution in [0.25, 0.3) is 0 Å². The fourth-order valence-electron chi connectivity index (χ4n) is 1.76. The van der Waals surface area contributed by atoms with Crippen molar-refractivity contribution in [2.45, 2.75) is 19.8 Å². The van der Waals surface area contributed by atoms with E-state index in [2.05, 4.69) is 18.0 Å². The minimum absolute atomic E-state index is 0.813. The Bertz CT molecular complexity index is 315. The Labute approximate surface area is 105 Å². The van der Waals surface area contributed by atoms with E-state index < -0.39 is 0 Å². The van der Waals surface area contributed by atoms with Gasteiger partial charge < -0.3 is 15.4 Å². The normalized spacial score (nSPS) is 11.0. The predicted molar refractivity (Wildman–Crippen MR) is 73.2 cm³/mol. The Morgan fingerprint density at radius 3 is 2.82 bits per heavy atom. The Balaban J connectivity index is 2.17. The summed E-state index contributed by atoms with van der Waals surface area (Å²) >= 11 is 0. The zero-order valence-electron chi connectivity index (χ0n) is 11.0. The fourth-order valence-corrected chi connectivity index (χ4v) is 1.76. The standard InChI is InChI=1S/C14H24N2O/c1-3-17-11-5-9-16(2)10-8-13-6-4-7-14(15)12-13/h4,6-7,12H,3,5,8-11,15H2,1-2H3. The van der Waals surface area contributed by atoms with E-state index in [1.165, 1.54) is 5.56 Å². The van der Waals surface area contributed by atoms with Crippen LogP contribution in [-0.4, -0.2) is 38.3 Å². The number of nitrogen functional groups attached to an aromatic ring is 1. The summed E-state index contributed by atoms with van der Waals surface area (Å²) in [4.78, 5) is 2.34. The van der Waals surface area contributed by atoms with Gasteiger partial charge in [0.05, 0.1) is 0 Å². The molecule has 96 valence electrons.